The van der Waals surface area contributed by atoms with Gasteiger partial charge in [0.05, 0.1) is 5.69 Å². The van der Waals surface area contributed by atoms with Gasteiger partial charge in [0.2, 0.25) is 0 Å². The molecule has 0 saturated heterocycles. The van der Waals surface area contributed by atoms with Crippen LogP contribution < -0.4 is 5.73 Å². The normalized spacial score (nSPS) is 10.4. The van der Waals surface area contributed by atoms with Crippen LogP contribution in [-0.4, -0.2) is 9.97 Å². The van der Waals surface area contributed by atoms with Gasteiger partial charge in [-0.2, -0.15) is 0 Å². The van der Waals surface area contributed by atoms with Crippen LogP contribution in [0.5, 0.6) is 0 Å². The van der Waals surface area contributed by atoms with Crippen molar-refractivity contribution < 1.29 is 4.39 Å². The molecule has 1 aromatic carbocycles. The first-order chi connectivity index (χ1) is 7.66. The quantitative estimate of drug-likeness (QED) is 0.838. The Labute approximate surface area is 93.2 Å². The maximum Gasteiger partial charge on any atom is 0.186 e. The number of nitrogen functional groups attached to an aromatic ring is 1. The Morgan fingerprint density at radius 3 is 2.50 bits per heavy atom. The minimum atomic E-state index is -0.531. The lowest BCUT2D eigenvalue weighted by Crippen LogP contribution is -2.06. The van der Waals surface area contributed by atoms with E-state index in [1.165, 1.54) is 0 Å². The van der Waals surface area contributed by atoms with Gasteiger partial charge in [0.1, 0.15) is 5.82 Å². The van der Waals surface area contributed by atoms with Crippen molar-refractivity contribution in [3.05, 3.63) is 53.2 Å². The van der Waals surface area contributed by atoms with Crippen molar-refractivity contribution in [3.8, 4) is 0 Å². The number of hydrogen-bond donors (Lipinski definition) is 1. The molecule has 2 rings (SSSR count). The Morgan fingerprint density at radius 1 is 1.19 bits per heavy atom. The molecule has 82 valence electrons. The van der Waals surface area contributed by atoms with Gasteiger partial charge in [0.15, 0.2) is 11.6 Å². The van der Waals surface area contributed by atoms with Crippen LogP contribution in [0.15, 0.2) is 30.3 Å². The van der Waals surface area contributed by atoms with Gasteiger partial charge in [-0.25, -0.2) is 14.4 Å². The van der Waals surface area contributed by atoms with Gasteiger partial charge in [-0.05, 0) is 12.5 Å². The zero-order valence-electron chi connectivity index (χ0n) is 8.94. The Balaban J connectivity index is 2.29. The fraction of sp³-hybridized carbons (Fsp3) is 0.167. The van der Waals surface area contributed by atoms with Gasteiger partial charge >= 0.3 is 0 Å². The lowest BCUT2D eigenvalue weighted by molar-refractivity contribution is 0.603. The minimum Gasteiger partial charge on any atom is -0.381 e. The summed E-state index contributed by atoms with van der Waals surface area (Å²) in [6.45, 7) is 1.59. The first kappa shape index (κ1) is 10.5. The molecule has 2 N–H and O–H groups in total. The van der Waals surface area contributed by atoms with Crippen LogP contribution in [0.3, 0.4) is 0 Å². The zero-order chi connectivity index (χ0) is 11.5. The number of rotatable bonds is 2. The third-order valence-corrected chi connectivity index (χ3v) is 2.29. The molecule has 0 amide bonds. The second-order valence-corrected chi connectivity index (χ2v) is 3.59. The Hall–Kier alpha value is -1.97. The lowest BCUT2D eigenvalue weighted by atomic mass is 10.1. The average molecular weight is 217 g/mol. The number of aromatic nitrogens is 2. The molecule has 0 aliphatic carbocycles. The monoisotopic (exact) mass is 217 g/mol. The fourth-order valence-corrected chi connectivity index (χ4v) is 1.50. The van der Waals surface area contributed by atoms with Gasteiger partial charge in [-0.1, -0.05) is 30.3 Å². The smallest absolute Gasteiger partial charge is 0.186 e. The number of aryl methyl sites for hydroxylation is 1. The molecule has 0 radical (unpaired) electrons. The van der Waals surface area contributed by atoms with E-state index < -0.39 is 5.82 Å². The summed E-state index contributed by atoms with van der Waals surface area (Å²) in [4.78, 5) is 7.98. The molecule has 0 saturated carbocycles. The van der Waals surface area contributed by atoms with Crippen molar-refractivity contribution >= 4 is 5.82 Å². The third-order valence-electron chi connectivity index (χ3n) is 2.29. The van der Waals surface area contributed by atoms with Gasteiger partial charge in [0.25, 0.3) is 0 Å². The summed E-state index contributed by atoms with van der Waals surface area (Å²) >= 11 is 0. The molecule has 4 heteroatoms. The standard InChI is InChI=1S/C12H12FN3/c1-8-11(13)12(14)16-10(15-8)7-9-5-3-2-4-6-9/h2-6H,7H2,1H3,(H2,14,15,16). The molecule has 1 heterocycles. The molecule has 0 atom stereocenters. The molecular formula is C12H12FN3. The summed E-state index contributed by atoms with van der Waals surface area (Å²) < 4.78 is 13.2. The summed E-state index contributed by atoms with van der Waals surface area (Å²) in [6, 6.07) is 9.76. The van der Waals surface area contributed by atoms with Gasteiger partial charge in [-0.15, -0.1) is 0 Å². The molecule has 1 aromatic heterocycles. The molecule has 2 aromatic rings. The van der Waals surface area contributed by atoms with Crippen molar-refractivity contribution in [2.75, 3.05) is 5.73 Å². The Kier molecular flexibility index (Phi) is 2.81. The number of anilines is 1. The van der Waals surface area contributed by atoms with Crippen LogP contribution in [0.2, 0.25) is 0 Å². The van der Waals surface area contributed by atoms with E-state index in [4.69, 9.17) is 5.73 Å². The predicted octanol–water partition coefficient (Wildman–Crippen LogP) is 2.10. The highest BCUT2D eigenvalue weighted by atomic mass is 19.1. The highest BCUT2D eigenvalue weighted by molar-refractivity contribution is 5.33. The number of nitrogens with two attached hydrogens (primary N) is 1. The van der Waals surface area contributed by atoms with Crippen molar-refractivity contribution in [3.63, 3.8) is 0 Å². The van der Waals surface area contributed by atoms with Crippen molar-refractivity contribution in [1.82, 2.24) is 9.97 Å². The number of halogens is 1. The van der Waals surface area contributed by atoms with Crippen LogP contribution in [0, 0.1) is 12.7 Å². The maximum atomic E-state index is 13.2. The topological polar surface area (TPSA) is 51.8 Å². The van der Waals surface area contributed by atoms with Crippen molar-refractivity contribution in [2.45, 2.75) is 13.3 Å². The van der Waals surface area contributed by atoms with Crippen LogP contribution in [0.1, 0.15) is 17.1 Å². The summed E-state index contributed by atoms with van der Waals surface area (Å²) in [6.07, 6.45) is 0.562. The number of nitrogens with zero attached hydrogens (tertiary/aromatic N) is 2. The first-order valence-electron chi connectivity index (χ1n) is 4.99. The number of hydrogen-bond acceptors (Lipinski definition) is 3. The van der Waals surface area contributed by atoms with E-state index >= 15 is 0 Å². The van der Waals surface area contributed by atoms with E-state index in [0.717, 1.165) is 5.56 Å². The van der Waals surface area contributed by atoms with Gasteiger partial charge in [-0.3, -0.25) is 0 Å². The van der Waals surface area contributed by atoms with Crippen LogP contribution in [0.25, 0.3) is 0 Å². The molecule has 0 aliphatic rings. The molecule has 0 fully saturated rings. The molecule has 16 heavy (non-hydrogen) atoms. The highest BCUT2D eigenvalue weighted by Gasteiger charge is 2.08. The largest absolute Gasteiger partial charge is 0.381 e. The predicted molar refractivity (Wildman–Crippen MR) is 60.4 cm³/mol. The summed E-state index contributed by atoms with van der Waals surface area (Å²) in [5.41, 5.74) is 6.82. The van der Waals surface area contributed by atoms with E-state index in [-0.39, 0.29) is 5.82 Å². The zero-order valence-corrected chi connectivity index (χ0v) is 8.94. The molecule has 0 spiro atoms. The average Bonchev–Trinajstić information content (AvgIpc) is 2.27. The van der Waals surface area contributed by atoms with Crippen molar-refractivity contribution in [2.24, 2.45) is 0 Å². The summed E-state index contributed by atoms with van der Waals surface area (Å²) in [5, 5.41) is 0. The Bertz CT molecular complexity index is 474. The fourth-order valence-electron chi connectivity index (χ4n) is 1.50. The molecule has 0 aliphatic heterocycles. The molecule has 3 nitrogen and oxygen atoms in total. The SMILES string of the molecule is Cc1nc(Cc2ccccc2)nc(N)c1F. The van der Waals surface area contributed by atoms with E-state index in [9.17, 15) is 4.39 Å². The molecular weight excluding hydrogens is 205 g/mol. The van der Waals surface area contributed by atoms with Gasteiger partial charge < -0.3 is 5.73 Å². The van der Waals surface area contributed by atoms with Crippen LogP contribution >= 0.6 is 0 Å². The van der Waals surface area contributed by atoms with E-state index in [0.29, 0.717) is 17.9 Å². The molecule has 0 unspecified atom stereocenters. The third kappa shape index (κ3) is 2.16. The van der Waals surface area contributed by atoms with Gasteiger partial charge in [0, 0.05) is 6.42 Å². The second-order valence-electron chi connectivity index (χ2n) is 3.59. The Morgan fingerprint density at radius 2 is 1.88 bits per heavy atom. The van der Waals surface area contributed by atoms with Crippen LogP contribution in [-0.2, 0) is 6.42 Å². The van der Waals surface area contributed by atoms with Crippen LogP contribution in [0.4, 0.5) is 10.2 Å². The number of benzene rings is 1. The summed E-state index contributed by atoms with van der Waals surface area (Å²) in [7, 11) is 0. The van der Waals surface area contributed by atoms with E-state index in [2.05, 4.69) is 9.97 Å². The minimum absolute atomic E-state index is 0.0848. The first-order valence-corrected chi connectivity index (χ1v) is 4.99. The lowest BCUT2D eigenvalue weighted by Gasteiger charge is -2.04. The molecule has 0 bridgehead atoms. The maximum absolute atomic E-state index is 13.2. The van der Waals surface area contributed by atoms with E-state index in [1.807, 2.05) is 30.3 Å². The summed E-state index contributed by atoms with van der Waals surface area (Å²) in [5.74, 6) is -0.0714. The highest BCUT2D eigenvalue weighted by Crippen LogP contribution is 2.12. The second kappa shape index (κ2) is 4.26. The van der Waals surface area contributed by atoms with E-state index in [1.54, 1.807) is 6.92 Å². The van der Waals surface area contributed by atoms with Crippen molar-refractivity contribution in [1.29, 1.82) is 0 Å².